The van der Waals surface area contributed by atoms with E-state index < -0.39 is 30.7 Å². The molecule has 1 fully saturated rings. The van der Waals surface area contributed by atoms with Gasteiger partial charge in [-0.25, -0.2) is 4.68 Å². The van der Waals surface area contributed by atoms with Crippen molar-refractivity contribution in [3.05, 3.63) is 11.9 Å². The molecule has 4 N–H and O–H groups in total. The van der Waals surface area contributed by atoms with Crippen LogP contribution in [0.4, 0.5) is 0 Å². The zero-order valence-corrected chi connectivity index (χ0v) is 12.9. The Hall–Kier alpha value is -1.14. The van der Waals surface area contributed by atoms with Gasteiger partial charge in [-0.3, -0.25) is 0 Å². The van der Waals surface area contributed by atoms with Crippen LogP contribution in [-0.4, -0.2) is 85.9 Å². The highest BCUT2D eigenvalue weighted by Crippen LogP contribution is 2.22. The second kappa shape index (κ2) is 8.64. The zero-order valence-electron chi connectivity index (χ0n) is 12.9. The maximum absolute atomic E-state index is 9.84. The number of aliphatic hydroxyl groups excluding tert-OH is 4. The van der Waals surface area contributed by atoms with Gasteiger partial charge < -0.3 is 34.6 Å². The standard InChI is InChI=1S/C13H23N3O7/c1-8-10(18)11(19)12(20)13(23-8)22-7-9-6-16(15-14-9)2-4-21-5-3-17/h6,8,10-13,17-20H,2-5,7H2,1H3/t8?,10-,11?,12?,13-/m1/s1. The molecule has 0 aliphatic carbocycles. The molecule has 2 heterocycles. The van der Waals surface area contributed by atoms with E-state index >= 15 is 0 Å². The molecule has 1 aliphatic heterocycles. The molecular weight excluding hydrogens is 310 g/mol. The smallest absolute Gasteiger partial charge is 0.186 e. The van der Waals surface area contributed by atoms with E-state index in [1.807, 2.05) is 0 Å². The van der Waals surface area contributed by atoms with E-state index in [-0.39, 0.29) is 19.8 Å². The van der Waals surface area contributed by atoms with Crippen LogP contribution in [0.5, 0.6) is 0 Å². The van der Waals surface area contributed by atoms with Gasteiger partial charge in [0.25, 0.3) is 0 Å². The summed E-state index contributed by atoms with van der Waals surface area (Å²) in [5.74, 6) is 0. The van der Waals surface area contributed by atoms with Crippen molar-refractivity contribution in [1.29, 1.82) is 0 Å². The highest BCUT2D eigenvalue weighted by molar-refractivity contribution is 4.91. The van der Waals surface area contributed by atoms with E-state index in [2.05, 4.69) is 10.3 Å². The van der Waals surface area contributed by atoms with Crippen LogP contribution in [0.1, 0.15) is 12.6 Å². The quantitative estimate of drug-likeness (QED) is 0.384. The summed E-state index contributed by atoms with van der Waals surface area (Å²) in [6.45, 7) is 2.74. The second-order valence-electron chi connectivity index (χ2n) is 5.30. The first-order valence-electron chi connectivity index (χ1n) is 7.41. The summed E-state index contributed by atoms with van der Waals surface area (Å²) >= 11 is 0. The van der Waals surface area contributed by atoms with Crippen LogP contribution in [0.3, 0.4) is 0 Å². The Bertz CT molecular complexity index is 472. The van der Waals surface area contributed by atoms with E-state index in [0.717, 1.165) is 0 Å². The molecule has 0 aromatic carbocycles. The first kappa shape index (κ1) is 18.2. The molecule has 0 radical (unpaired) electrons. The minimum Gasteiger partial charge on any atom is -0.394 e. The Labute approximate surface area is 133 Å². The fraction of sp³-hybridized carbons (Fsp3) is 0.846. The lowest BCUT2D eigenvalue weighted by Gasteiger charge is -2.38. The summed E-state index contributed by atoms with van der Waals surface area (Å²) in [7, 11) is 0. The molecule has 10 nitrogen and oxygen atoms in total. The van der Waals surface area contributed by atoms with Gasteiger partial charge >= 0.3 is 0 Å². The Kier molecular flexibility index (Phi) is 6.84. The molecule has 2 rings (SSSR count). The van der Waals surface area contributed by atoms with Gasteiger partial charge in [-0.1, -0.05) is 5.21 Å². The van der Waals surface area contributed by atoms with E-state index in [1.165, 1.54) is 0 Å². The molecule has 3 unspecified atom stereocenters. The topological polar surface area (TPSA) is 139 Å². The minimum atomic E-state index is -1.34. The molecule has 0 bridgehead atoms. The second-order valence-corrected chi connectivity index (χ2v) is 5.30. The van der Waals surface area contributed by atoms with Gasteiger partial charge in [0, 0.05) is 0 Å². The van der Waals surface area contributed by atoms with Crippen LogP contribution in [0.2, 0.25) is 0 Å². The van der Waals surface area contributed by atoms with Crippen molar-refractivity contribution in [3.63, 3.8) is 0 Å². The molecule has 1 aliphatic rings. The van der Waals surface area contributed by atoms with Gasteiger partial charge in [0.2, 0.25) is 0 Å². The summed E-state index contributed by atoms with van der Waals surface area (Å²) in [6.07, 6.45) is -3.89. The monoisotopic (exact) mass is 333 g/mol. The number of hydrogen-bond acceptors (Lipinski definition) is 9. The van der Waals surface area contributed by atoms with Gasteiger partial charge in [0.1, 0.15) is 24.0 Å². The number of hydrogen-bond donors (Lipinski definition) is 4. The Morgan fingerprint density at radius 3 is 2.74 bits per heavy atom. The van der Waals surface area contributed by atoms with E-state index in [9.17, 15) is 15.3 Å². The molecule has 1 aromatic heterocycles. The van der Waals surface area contributed by atoms with Gasteiger partial charge in [-0.15, -0.1) is 5.10 Å². The number of aliphatic hydroxyl groups is 4. The number of nitrogens with zero attached hydrogens (tertiary/aromatic N) is 3. The first-order chi connectivity index (χ1) is 11.0. The molecule has 0 saturated carbocycles. The summed E-state index contributed by atoms with van der Waals surface area (Å²) in [4.78, 5) is 0. The van der Waals surface area contributed by atoms with Crippen LogP contribution >= 0.6 is 0 Å². The first-order valence-corrected chi connectivity index (χ1v) is 7.41. The maximum Gasteiger partial charge on any atom is 0.186 e. The fourth-order valence-corrected chi connectivity index (χ4v) is 2.16. The Balaban J connectivity index is 1.78. The average molecular weight is 333 g/mol. The van der Waals surface area contributed by atoms with Crippen molar-refractivity contribution in [1.82, 2.24) is 15.0 Å². The van der Waals surface area contributed by atoms with Gasteiger partial charge in [0.05, 0.1) is 45.3 Å². The van der Waals surface area contributed by atoms with E-state index in [1.54, 1.807) is 17.8 Å². The van der Waals surface area contributed by atoms with Gasteiger partial charge in [-0.05, 0) is 6.92 Å². The molecule has 10 heteroatoms. The highest BCUT2D eigenvalue weighted by atomic mass is 16.7. The third-order valence-corrected chi connectivity index (χ3v) is 3.49. The molecule has 5 atom stereocenters. The summed E-state index contributed by atoms with van der Waals surface area (Å²) < 4.78 is 17.4. The SMILES string of the molecule is CC1O[C@@H](OCc2cn(CCOCCO)nn2)C(O)C(O)[C@@H]1O. The largest absolute Gasteiger partial charge is 0.394 e. The van der Waals surface area contributed by atoms with Crippen LogP contribution < -0.4 is 0 Å². The molecule has 1 aromatic rings. The van der Waals surface area contributed by atoms with Crippen molar-refractivity contribution >= 4 is 0 Å². The molecule has 0 amide bonds. The lowest BCUT2D eigenvalue weighted by molar-refractivity contribution is -0.296. The van der Waals surface area contributed by atoms with Crippen molar-refractivity contribution in [3.8, 4) is 0 Å². The van der Waals surface area contributed by atoms with Crippen LogP contribution in [0.25, 0.3) is 0 Å². The van der Waals surface area contributed by atoms with Crippen molar-refractivity contribution < 1.29 is 34.6 Å². The van der Waals surface area contributed by atoms with Crippen molar-refractivity contribution in [2.45, 2.75) is 50.8 Å². The Morgan fingerprint density at radius 1 is 1.22 bits per heavy atom. The summed E-state index contributed by atoms with van der Waals surface area (Å²) in [5, 5.41) is 45.5. The van der Waals surface area contributed by atoms with Crippen molar-refractivity contribution in [2.24, 2.45) is 0 Å². The predicted octanol–water partition coefficient (Wildman–Crippen LogP) is -2.37. The molecule has 1 saturated heterocycles. The van der Waals surface area contributed by atoms with Crippen LogP contribution in [0, 0.1) is 0 Å². The number of ether oxygens (including phenoxy) is 3. The van der Waals surface area contributed by atoms with Gasteiger partial charge in [-0.2, -0.15) is 0 Å². The summed E-state index contributed by atoms with van der Waals surface area (Å²) in [5.41, 5.74) is 0.524. The average Bonchev–Trinajstić information content (AvgIpc) is 2.99. The van der Waals surface area contributed by atoms with Crippen molar-refractivity contribution in [2.75, 3.05) is 19.8 Å². The third-order valence-electron chi connectivity index (χ3n) is 3.49. The maximum atomic E-state index is 9.84. The van der Waals surface area contributed by atoms with Gasteiger partial charge in [0.15, 0.2) is 6.29 Å². The minimum absolute atomic E-state index is 0.0286. The number of aromatic nitrogens is 3. The van der Waals surface area contributed by atoms with E-state index in [4.69, 9.17) is 19.3 Å². The fourth-order valence-electron chi connectivity index (χ4n) is 2.16. The normalized spacial score (nSPS) is 31.4. The van der Waals surface area contributed by atoms with Crippen LogP contribution in [0.15, 0.2) is 6.20 Å². The zero-order chi connectivity index (χ0) is 16.8. The lowest BCUT2D eigenvalue weighted by atomic mass is 10.0. The summed E-state index contributed by atoms with van der Waals surface area (Å²) in [6, 6.07) is 0. The highest BCUT2D eigenvalue weighted by Gasteiger charge is 2.42. The molecular formula is C13H23N3O7. The number of rotatable bonds is 8. The van der Waals surface area contributed by atoms with Crippen LogP contribution in [-0.2, 0) is 27.4 Å². The third kappa shape index (κ3) is 4.91. The molecule has 23 heavy (non-hydrogen) atoms. The molecule has 132 valence electrons. The Morgan fingerprint density at radius 2 is 2.00 bits per heavy atom. The molecule has 0 spiro atoms. The predicted molar refractivity (Wildman–Crippen MR) is 75.1 cm³/mol. The van der Waals surface area contributed by atoms with E-state index in [0.29, 0.717) is 18.8 Å². The lowest BCUT2D eigenvalue weighted by Crippen LogP contribution is -2.57.